The first kappa shape index (κ1) is 17.1. The number of thiophene rings is 1. The van der Waals surface area contributed by atoms with Crippen LogP contribution in [0.5, 0.6) is 0 Å². The van der Waals surface area contributed by atoms with E-state index in [1.165, 1.54) is 10.9 Å². The van der Waals surface area contributed by atoms with Crippen LogP contribution in [0.15, 0.2) is 36.4 Å². The number of nitrogens with two attached hydrogens (primary N) is 1. The van der Waals surface area contributed by atoms with Gasteiger partial charge in [-0.3, -0.25) is 9.69 Å². The lowest BCUT2D eigenvalue weighted by atomic mass is 10.2. The van der Waals surface area contributed by atoms with Crippen LogP contribution < -0.4 is 5.73 Å². The van der Waals surface area contributed by atoms with Gasteiger partial charge >= 0.3 is 0 Å². The topological polar surface area (TPSA) is 49.6 Å². The van der Waals surface area contributed by atoms with Gasteiger partial charge in [0.05, 0.1) is 0 Å². The fourth-order valence-electron chi connectivity index (χ4n) is 2.93. The van der Waals surface area contributed by atoms with Crippen LogP contribution in [0.1, 0.15) is 11.3 Å². The highest BCUT2D eigenvalue weighted by molar-refractivity contribution is 7.15. The molecule has 0 saturated carbocycles. The van der Waals surface area contributed by atoms with E-state index in [4.69, 9.17) is 5.73 Å². The lowest BCUT2D eigenvalue weighted by Crippen LogP contribution is -2.48. The first-order chi connectivity index (χ1) is 11.7. The fourth-order valence-corrected chi connectivity index (χ4v) is 4.00. The Morgan fingerprint density at radius 3 is 2.58 bits per heavy atom. The van der Waals surface area contributed by atoms with Crippen molar-refractivity contribution < 1.29 is 9.18 Å². The van der Waals surface area contributed by atoms with E-state index in [2.05, 4.69) is 11.0 Å². The largest absolute Gasteiger partial charge is 0.340 e. The SMILES string of the molecule is NCCC(=O)N1CCN(Cc2ccc(-c3ccccc3F)s2)CC1. The number of hydrogen-bond acceptors (Lipinski definition) is 4. The van der Waals surface area contributed by atoms with Gasteiger partial charge in [-0.1, -0.05) is 18.2 Å². The smallest absolute Gasteiger partial charge is 0.223 e. The Hall–Kier alpha value is -1.76. The molecule has 0 aliphatic carbocycles. The van der Waals surface area contributed by atoms with Crippen LogP contribution in [0.2, 0.25) is 0 Å². The molecule has 0 radical (unpaired) electrons. The van der Waals surface area contributed by atoms with Gasteiger partial charge in [0.2, 0.25) is 5.91 Å². The summed E-state index contributed by atoms with van der Waals surface area (Å²) in [6, 6.07) is 10.9. The second kappa shape index (κ2) is 7.88. The highest BCUT2D eigenvalue weighted by Crippen LogP contribution is 2.30. The number of carbonyl (C=O) groups excluding carboxylic acids is 1. The zero-order valence-corrected chi connectivity index (χ0v) is 14.4. The fraction of sp³-hybridized carbons (Fsp3) is 0.389. The Morgan fingerprint density at radius 2 is 1.88 bits per heavy atom. The minimum Gasteiger partial charge on any atom is -0.340 e. The average Bonchev–Trinajstić information content (AvgIpc) is 3.04. The molecule has 0 spiro atoms. The number of carbonyl (C=O) groups is 1. The lowest BCUT2D eigenvalue weighted by Gasteiger charge is -2.34. The van der Waals surface area contributed by atoms with Crippen LogP contribution in [0.3, 0.4) is 0 Å². The highest BCUT2D eigenvalue weighted by atomic mass is 32.1. The van der Waals surface area contributed by atoms with E-state index in [9.17, 15) is 9.18 Å². The third-order valence-corrected chi connectivity index (χ3v) is 5.37. The summed E-state index contributed by atoms with van der Waals surface area (Å²) in [6.45, 7) is 4.49. The van der Waals surface area contributed by atoms with Crippen LogP contribution in [-0.4, -0.2) is 48.4 Å². The van der Waals surface area contributed by atoms with Gasteiger partial charge in [0.25, 0.3) is 0 Å². The molecule has 1 aliphatic heterocycles. The minimum absolute atomic E-state index is 0.148. The van der Waals surface area contributed by atoms with E-state index in [0.717, 1.165) is 37.6 Å². The third kappa shape index (κ3) is 4.01. The predicted molar refractivity (Wildman–Crippen MR) is 95.2 cm³/mol. The van der Waals surface area contributed by atoms with Crippen LogP contribution in [0.25, 0.3) is 10.4 Å². The van der Waals surface area contributed by atoms with Crippen LogP contribution in [0, 0.1) is 5.82 Å². The number of piperazine rings is 1. The van der Waals surface area contributed by atoms with Crippen molar-refractivity contribution in [2.24, 2.45) is 5.73 Å². The van der Waals surface area contributed by atoms with Crippen LogP contribution in [-0.2, 0) is 11.3 Å². The van der Waals surface area contributed by atoms with Crippen LogP contribution >= 0.6 is 11.3 Å². The second-order valence-corrected chi connectivity index (χ2v) is 7.11. The van der Waals surface area contributed by atoms with Crippen molar-refractivity contribution in [3.8, 4) is 10.4 Å². The van der Waals surface area contributed by atoms with Crippen molar-refractivity contribution in [3.63, 3.8) is 0 Å². The molecule has 2 heterocycles. The molecule has 24 heavy (non-hydrogen) atoms. The van der Waals surface area contributed by atoms with Gasteiger partial charge in [-0.05, 0) is 18.2 Å². The Morgan fingerprint density at radius 1 is 1.12 bits per heavy atom. The average molecular weight is 347 g/mol. The van der Waals surface area contributed by atoms with Crippen LogP contribution in [0.4, 0.5) is 4.39 Å². The number of benzene rings is 1. The summed E-state index contributed by atoms with van der Waals surface area (Å²) >= 11 is 1.63. The van der Waals surface area contributed by atoms with Crippen molar-refractivity contribution in [2.75, 3.05) is 32.7 Å². The van der Waals surface area contributed by atoms with Gasteiger partial charge in [0.15, 0.2) is 0 Å². The molecule has 0 unspecified atom stereocenters. The van der Waals surface area contributed by atoms with Crippen molar-refractivity contribution in [3.05, 3.63) is 47.1 Å². The number of hydrogen-bond donors (Lipinski definition) is 1. The maximum Gasteiger partial charge on any atom is 0.223 e. The molecule has 0 bridgehead atoms. The number of halogens is 1. The minimum atomic E-state index is -0.182. The number of amides is 1. The molecule has 1 amide bonds. The van der Waals surface area contributed by atoms with Crippen molar-refractivity contribution in [2.45, 2.75) is 13.0 Å². The summed E-state index contributed by atoms with van der Waals surface area (Å²) < 4.78 is 13.9. The predicted octanol–water partition coefficient (Wildman–Crippen LogP) is 2.55. The molecule has 1 saturated heterocycles. The van der Waals surface area contributed by atoms with Gasteiger partial charge in [0.1, 0.15) is 5.82 Å². The van der Waals surface area contributed by atoms with Crippen molar-refractivity contribution in [1.29, 1.82) is 0 Å². The highest BCUT2D eigenvalue weighted by Gasteiger charge is 2.21. The maximum atomic E-state index is 13.9. The Balaban J connectivity index is 1.57. The van der Waals surface area contributed by atoms with E-state index >= 15 is 0 Å². The van der Waals surface area contributed by atoms with E-state index in [1.807, 2.05) is 23.1 Å². The first-order valence-electron chi connectivity index (χ1n) is 8.21. The molecule has 1 aliphatic rings. The van der Waals surface area contributed by atoms with Gasteiger partial charge in [0, 0.05) is 61.0 Å². The molecule has 2 aromatic rings. The molecular formula is C18H22FN3OS. The normalized spacial score (nSPS) is 15.7. The van der Waals surface area contributed by atoms with E-state index < -0.39 is 0 Å². The zero-order valence-electron chi connectivity index (χ0n) is 13.6. The zero-order chi connectivity index (χ0) is 16.9. The number of nitrogens with zero attached hydrogens (tertiary/aromatic N) is 2. The van der Waals surface area contributed by atoms with Crippen molar-refractivity contribution in [1.82, 2.24) is 9.80 Å². The van der Waals surface area contributed by atoms with E-state index in [-0.39, 0.29) is 11.7 Å². The maximum absolute atomic E-state index is 13.9. The monoisotopic (exact) mass is 347 g/mol. The molecule has 2 N–H and O–H groups in total. The molecule has 1 fully saturated rings. The van der Waals surface area contributed by atoms with Gasteiger partial charge in [-0.15, -0.1) is 11.3 Å². The summed E-state index contributed by atoms with van der Waals surface area (Å²) in [5.74, 6) is -0.0342. The van der Waals surface area contributed by atoms with Gasteiger partial charge in [-0.2, -0.15) is 0 Å². The molecule has 4 nitrogen and oxygen atoms in total. The quantitative estimate of drug-likeness (QED) is 0.904. The third-order valence-electron chi connectivity index (χ3n) is 4.26. The summed E-state index contributed by atoms with van der Waals surface area (Å²) in [5, 5.41) is 0. The van der Waals surface area contributed by atoms with Gasteiger partial charge < -0.3 is 10.6 Å². The Kier molecular flexibility index (Phi) is 5.60. The van der Waals surface area contributed by atoms with E-state index in [0.29, 0.717) is 18.5 Å². The summed E-state index contributed by atoms with van der Waals surface area (Å²) in [6.07, 6.45) is 0.428. The molecule has 1 aromatic carbocycles. The Bertz CT molecular complexity index is 695. The standard InChI is InChI=1S/C18H22FN3OS/c19-16-4-2-1-3-15(16)17-6-5-14(24-17)13-21-9-11-22(12-10-21)18(23)7-8-20/h1-6H,7-13,20H2. The second-order valence-electron chi connectivity index (χ2n) is 5.94. The van der Waals surface area contributed by atoms with E-state index in [1.54, 1.807) is 17.4 Å². The molecule has 0 atom stereocenters. The number of rotatable bonds is 5. The summed E-state index contributed by atoms with van der Waals surface area (Å²) in [5.41, 5.74) is 6.10. The first-order valence-corrected chi connectivity index (χ1v) is 9.03. The van der Waals surface area contributed by atoms with Crippen molar-refractivity contribution >= 4 is 17.2 Å². The molecule has 128 valence electrons. The summed E-state index contributed by atoms with van der Waals surface area (Å²) in [7, 11) is 0. The molecule has 1 aromatic heterocycles. The molecular weight excluding hydrogens is 325 g/mol. The molecule has 6 heteroatoms. The van der Waals surface area contributed by atoms with Gasteiger partial charge in [-0.25, -0.2) is 4.39 Å². The Labute approximate surface area is 145 Å². The summed E-state index contributed by atoms with van der Waals surface area (Å²) in [4.78, 5) is 18.3. The molecule has 3 rings (SSSR count). The lowest BCUT2D eigenvalue weighted by molar-refractivity contribution is -0.132.